The Labute approximate surface area is 127 Å². The summed E-state index contributed by atoms with van der Waals surface area (Å²) in [5.74, 6) is 0.378. The van der Waals surface area contributed by atoms with E-state index in [1.807, 2.05) is 25.1 Å². The number of esters is 1. The van der Waals surface area contributed by atoms with Crippen LogP contribution in [0.3, 0.4) is 0 Å². The zero-order valence-electron chi connectivity index (χ0n) is 13.2. The van der Waals surface area contributed by atoms with Gasteiger partial charge in [-0.3, -0.25) is 4.79 Å². The molecule has 0 spiro atoms. The van der Waals surface area contributed by atoms with Gasteiger partial charge in [-0.2, -0.15) is 0 Å². The van der Waals surface area contributed by atoms with Gasteiger partial charge < -0.3 is 10.5 Å². The minimum atomic E-state index is -0.692. The van der Waals surface area contributed by atoms with Crippen molar-refractivity contribution in [2.75, 3.05) is 13.7 Å². The molecule has 3 heteroatoms. The molecule has 0 aromatic heterocycles. The van der Waals surface area contributed by atoms with Gasteiger partial charge in [0, 0.05) is 6.54 Å². The van der Waals surface area contributed by atoms with Crippen molar-refractivity contribution in [2.24, 2.45) is 11.7 Å². The largest absolute Gasteiger partial charge is 0.468 e. The van der Waals surface area contributed by atoms with Crippen molar-refractivity contribution in [1.82, 2.24) is 0 Å². The lowest BCUT2D eigenvalue weighted by atomic mass is 9.70. The molecular weight excluding hydrogens is 262 g/mol. The Morgan fingerprint density at radius 2 is 2.05 bits per heavy atom. The van der Waals surface area contributed by atoms with Crippen LogP contribution in [0.2, 0.25) is 0 Å². The number of hydrogen-bond donors (Lipinski definition) is 1. The standard InChI is InChI=1S/C18H27NO2/c1-14-7-6-10-16(11-14)18(13-19,17(20)21-2)12-15-8-4-3-5-9-15/h6-7,10-11,15H,3-5,8-9,12-13,19H2,1-2H3. The minimum absolute atomic E-state index is 0.193. The second kappa shape index (κ2) is 7.08. The van der Waals surface area contributed by atoms with Crippen LogP contribution in [0.25, 0.3) is 0 Å². The average molecular weight is 289 g/mol. The Balaban J connectivity index is 2.34. The van der Waals surface area contributed by atoms with E-state index >= 15 is 0 Å². The summed E-state index contributed by atoms with van der Waals surface area (Å²) < 4.78 is 5.12. The quantitative estimate of drug-likeness (QED) is 0.846. The molecule has 0 bridgehead atoms. The summed E-state index contributed by atoms with van der Waals surface area (Å²) >= 11 is 0. The maximum atomic E-state index is 12.5. The van der Waals surface area contributed by atoms with Crippen molar-refractivity contribution in [3.63, 3.8) is 0 Å². The maximum absolute atomic E-state index is 12.5. The smallest absolute Gasteiger partial charge is 0.317 e. The van der Waals surface area contributed by atoms with Crippen LogP contribution in [0.5, 0.6) is 0 Å². The van der Waals surface area contributed by atoms with E-state index in [-0.39, 0.29) is 5.97 Å². The third kappa shape index (κ3) is 3.46. The Morgan fingerprint density at radius 1 is 1.33 bits per heavy atom. The zero-order chi connectivity index (χ0) is 15.3. The number of hydrogen-bond acceptors (Lipinski definition) is 3. The number of nitrogens with two attached hydrogens (primary N) is 1. The Bertz CT molecular complexity index is 480. The molecule has 3 nitrogen and oxygen atoms in total. The van der Waals surface area contributed by atoms with Crippen LogP contribution in [0, 0.1) is 12.8 Å². The van der Waals surface area contributed by atoms with Crippen LogP contribution >= 0.6 is 0 Å². The number of ether oxygens (including phenoxy) is 1. The molecule has 1 aliphatic rings. The van der Waals surface area contributed by atoms with Gasteiger partial charge in [0.25, 0.3) is 0 Å². The van der Waals surface area contributed by atoms with E-state index in [1.54, 1.807) is 0 Å². The van der Waals surface area contributed by atoms with E-state index in [0.717, 1.165) is 17.5 Å². The van der Waals surface area contributed by atoms with Crippen molar-refractivity contribution < 1.29 is 9.53 Å². The van der Waals surface area contributed by atoms with Gasteiger partial charge in [-0.1, -0.05) is 61.9 Å². The van der Waals surface area contributed by atoms with Crippen LogP contribution in [-0.4, -0.2) is 19.6 Å². The maximum Gasteiger partial charge on any atom is 0.317 e. The summed E-state index contributed by atoms with van der Waals surface area (Å²) in [6, 6.07) is 8.13. The first-order valence-electron chi connectivity index (χ1n) is 7.98. The fourth-order valence-corrected chi connectivity index (χ4v) is 3.63. The van der Waals surface area contributed by atoms with Crippen LogP contribution in [0.4, 0.5) is 0 Å². The topological polar surface area (TPSA) is 52.3 Å². The van der Waals surface area contributed by atoms with E-state index in [9.17, 15) is 4.79 Å². The molecular formula is C18H27NO2. The highest BCUT2D eigenvalue weighted by Gasteiger charge is 2.42. The lowest BCUT2D eigenvalue weighted by Crippen LogP contribution is -2.45. The first kappa shape index (κ1) is 16.0. The van der Waals surface area contributed by atoms with Gasteiger partial charge in [0.1, 0.15) is 5.41 Å². The first-order chi connectivity index (χ1) is 10.1. The minimum Gasteiger partial charge on any atom is -0.468 e. The number of carbonyl (C=O) groups is 1. The average Bonchev–Trinajstić information content (AvgIpc) is 2.53. The molecule has 1 atom stereocenters. The monoisotopic (exact) mass is 289 g/mol. The highest BCUT2D eigenvalue weighted by atomic mass is 16.5. The normalized spacial score (nSPS) is 19.0. The molecule has 1 fully saturated rings. The Kier molecular flexibility index (Phi) is 5.40. The summed E-state index contributed by atoms with van der Waals surface area (Å²) in [6.07, 6.45) is 7.05. The molecule has 0 heterocycles. The van der Waals surface area contributed by atoms with Crippen molar-refractivity contribution in [3.05, 3.63) is 35.4 Å². The lowest BCUT2D eigenvalue weighted by Gasteiger charge is -2.35. The van der Waals surface area contributed by atoms with Gasteiger partial charge in [-0.25, -0.2) is 0 Å². The molecule has 1 aromatic rings. The summed E-state index contributed by atoms with van der Waals surface area (Å²) in [5.41, 5.74) is 7.54. The third-order valence-corrected chi connectivity index (χ3v) is 4.86. The fourth-order valence-electron chi connectivity index (χ4n) is 3.63. The van der Waals surface area contributed by atoms with Crippen LogP contribution in [0.15, 0.2) is 24.3 Å². The molecule has 0 aliphatic heterocycles. The van der Waals surface area contributed by atoms with Crippen LogP contribution < -0.4 is 5.73 Å². The molecule has 0 amide bonds. The van der Waals surface area contributed by atoms with Crippen LogP contribution in [0.1, 0.15) is 49.7 Å². The summed E-state index contributed by atoms with van der Waals surface area (Å²) in [7, 11) is 1.46. The van der Waals surface area contributed by atoms with Crippen molar-refractivity contribution in [2.45, 2.75) is 50.9 Å². The van der Waals surface area contributed by atoms with Crippen molar-refractivity contribution >= 4 is 5.97 Å². The third-order valence-electron chi connectivity index (χ3n) is 4.86. The van der Waals surface area contributed by atoms with E-state index in [0.29, 0.717) is 12.5 Å². The van der Waals surface area contributed by atoms with Gasteiger partial charge in [-0.15, -0.1) is 0 Å². The summed E-state index contributed by atoms with van der Waals surface area (Å²) in [6.45, 7) is 2.35. The molecule has 21 heavy (non-hydrogen) atoms. The highest BCUT2D eigenvalue weighted by Crippen LogP contribution is 2.38. The molecule has 0 saturated heterocycles. The number of methoxy groups -OCH3 is 1. The number of aryl methyl sites for hydroxylation is 1. The van der Waals surface area contributed by atoms with Crippen molar-refractivity contribution in [3.8, 4) is 0 Å². The molecule has 1 aliphatic carbocycles. The zero-order valence-corrected chi connectivity index (χ0v) is 13.2. The van der Waals surface area contributed by atoms with E-state index in [1.165, 1.54) is 39.2 Å². The molecule has 0 radical (unpaired) electrons. The SMILES string of the molecule is COC(=O)C(CN)(CC1CCCCC1)c1cccc(C)c1. The number of carbonyl (C=O) groups excluding carboxylic acids is 1. The van der Waals surface area contributed by atoms with Crippen molar-refractivity contribution in [1.29, 1.82) is 0 Å². The first-order valence-corrected chi connectivity index (χ1v) is 7.98. The lowest BCUT2D eigenvalue weighted by molar-refractivity contribution is -0.148. The van der Waals surface area contributed by atoms with Gasteiger partial charge in [0.2, 0.25) is 0 Å². The molecule has 2 N–H and O–H groups in total. The Morgan fingerprint density at radius 3 is 2.62 bits per heavy atom. The second-order valence-electron chi connectivity index (χ2n) is 6.36. The second-order valence-corrected chi connectivity index (χ2v) is 6.36. The molecule has 2 rings (SSSR count). The predicted octanol–water partition coefficient (Wildman–Crippen LogP) is 3.33. The highest BCUT2D eigenvalue weighted by molar-refractivity contribution is 5.83. The molecule has 1 aromatic carbocycles. The molecule has 1 unspecified atom stereocenters. The van der Waals surface area contributed by atoms with Gasteiger partial charge in [0.05, 0.1) is 7.11 Å². The van der Waals surface area contributed by atoms with Gasteiger partial charge in [0.15, 0.2) is 0 Å². The van der Waals surface area contributed by atoms with Crippen LogP contribution in [-0.2, 0) is 14.9 Å². The number of benzene rings is 1. The summed E-state index contributed by atoms with van der Waals surface area (Å²) in [5, 5.41) is 0. The molecule has 116 valence electrons. The van der Waals surface area contributed by atoms with E-state index in [2.05, 4.69) is 6.07 Å². The van der Waals surface area contributed by atoms with E-state index < -0.39 is 5.41 Å². The van der Waals surface area contributed by atoms with Gasteiger partial charge >= 0.3 is 5.97 Å². The predicted molar refractivity (Wildman–Crippen MR) is 85.1 cm³/mol. The Hall–Kier alpha value is -1.35. The molecule has 1 saturated carbocycles. The number of rotatable bonds is 5. The van der Waals surface area contributed by atoms with Gasteiger partial charge in [-0.05, 0) is 24.8 Å². The fraction of sp³-hybridized carbons (Fsp3) is 0.611. The van der Waals surface area contributed by atoms with E-state index in [4.69, 9.17) is 10.5 Å². The summed E-state index contributed by atoms with van der Waals surface area (Å²) in [4.78, 5) is 12.5.